The molecule has 0 rings (SSSR count). The Labute approximate surface area is 411 Å². The van der Waals surface area contributed by atoms with Crippen LogP contribution in [-0.4, -0.2) is 57.3 Å². The minimum absolute atomic E-state index is 0.362. The molecule has 4 atom stereocenters. The molecule has 66 heavy (non-hydrogen) atoms. The fraction of sp³-hybridized carbons (Fsp3) is 0.883. The van der Waals surface area contributed by atoms with Crippen LogP contribution in [0.25, 0.3) is 0 Å². The molecule has 0 aromatic rings. The van der Waals surface area contributed by atoms with E-state index in [0.717, 1.165) is 44.9 Å². The lowest BCUT2D eigenvalue weighted by molar-refractivity contribution is -0.132. The number of aliphatic hydroxyl groups excluding tert-OH is 4. The molecular formula is C60H115NO5. The van der Waals surface area contributed by atoms with Gasteiger partial charge in [-0.1, -0.05) is 275 Å². The average Bonchev–Trinajstić information content (AvgIpc) is 3.32. The van der Waals surface area contributed by atoms with E-state index >= 15 is 0 Å². The first-order chi connectivity index (χ1) is 32.5. The monoisotopic (exact) mass is 930 g/mol. The van der Waals surface area contributed by atoms with Gasteiger partial charge in [-0.05, 0) is 70.6 Å². The number of carbonyl (C=O) groups excluding carboxylic acids is 1. The molecule has 0 heterocycles. The Morgan fingerprint density at radius 3 is 1.00 bits per heavy atom. The molecular weight excluding hydrogens is 815 g/mol. The maximum absolute atomic E-state index is 12.6. The number of unbranched alkanes of at least 4 members (excludes halogenated alkanes) is 39. The molecule has 0 bridgehead atoms. The summed E-state index contributed by atoms with van der Waals surface area (Å²) < 4.78 is 0. The zero-order chi connectivity index (χ0) is 48.1. The van der Waals surface area contributed by atoms with Gasteiger partial charge in [0, 0.05) is 0 Å². The zero-order valence-corrected chi connectivity index (χ0v) is 44.2. The number of nitrogens with one attached hydrogen (secondary N) is 1. The summed E-state index contributed by atoms with van der Waals surface area (Å²) in [5, 5.41) is 44.0. The first-order valence-electron chi connectivity index (χ1n) is 29.4. The number of carbonyl (C=O) groups is 1. The quantitative estimate of drug-likeness (QED) is 0.0308. The topological polar surface area (TPSA) is 110 Å². The second-order valence-corrected chi connectivity index (χ2v) is 20.3. The molecule has 0 aliphatic carbocycles. The van der Waals surface area contributed by atoms with E-state index in [2.05, 4.69) is 55.6 Å². The standard InChI is InChI=1S/C60H115NO5/c1-3-5-7-9-11-13-15-17-19-21-23-25-27-28-29-30-31-32-34-36-38-40-42-44-46-48-50-52-54-58(64)60(66)61-56(55-62)59(65)57(63)53-51-49-47-45-43-41-39-37-35-33-26-24-22-20-18-16-14-12-10-8-6-4-2/h23,25,28-29,45,47,56-59,62-65H,3-22,24,26-27,30-44,46,48-55H2,1-2H3,(H,61,66)/b25-23-,29-28-,47-45+. The molecule has 390 valence electrons. The Hall–Kier alpha value is -1.47. The molecule has 0 fully saturated rings. The van der Waals surface area contributed by atoms with Crippen LogP contribution in [0.1, 0.15) is 309 Å². The summed E-state index contributed by atoms with van der Waals surface area (Å²) in [7, 11) is 0. The van der Waals surface area contributed by atoms with Crippen molar-refractivity contribution in [3.8, 4) is 0 Å². The van der Waals surface area contributed by atoms with Crippen molar-refractivity contribution in [1.82, 2.24) is 5.32 Å². The van der Waals surface area contributed by atoms with E-state index < -0.39 is 36.9 Å². The minimum Gasteiger partial charge on any atom is -0.394 e. The van der Waals surface area contributed by atoms with E-state index in [-0.39, 0.29) is 0 Å². The second kappa shape index (κ2) is 54.5. The molecule has 0 aromatic carbocycles. The third-order valence-corrected chi connectivity index (χ3v) is 13.8. The molecule has 1 amide bonds. The molecule has 0 aromatic heterocycles. The highest BCUT2D eigenvalue weighted by atomic mass is 16.3. The Morgan fingerprint density at radius 2 is 0.667 bits per heavy atom. The first-order valence-corrected chi connectivity index (χ1v) is 29.4. The number of allylic oxidation sites excluding steroid dienone is 6. The normalized spacial score (nSPS) is 14.0. The number of hydrogen-bond acceptors (Lipinski definition) is 5. The Bertz CT molecular complexity index is 1040. The lowest BCUT2D eigenvalue weighted by atomic mass is 10.00. The van der Waals surface area contributed by atoms with E-state index in [1.165, 1.54) is 238 Å². The Morgan fingerprint density at radius 1 is 0.379 bits per heavy atom. The SMILES string of the molecule is CCCCCCCCCCC/C=C\C/C=C\CCCCCCCCCCCCCCC(O)C(=O)NC(CO)C(O)C(O)CCC/C=C/CCCCCCCCCCCCCCCCCCC. The Balaban J connectivity index is 3.65. The molecule has 6 heteroatoms. The van der Waals surface area contributed by atoms with Gasteiger partial charge in [0.2, 0.25) is 5.91 Å². The van der Waals surface area contributed by atoms with Crippen molar-refractivity contribution in [2.24, 2.45) is 0 Å². The third kappa shape index (κ3) is 47.6. The van der Waals surface area contributed by atoms with Crippen molar-refractivity contribution < 1.29 is 25.2 Å². The molecule has 0 aliphatic heterocycles. The van der Waals surface area contributed by atoms with E-state index in [1.807, 2.05) is 0 Å². The van der Waals surface area contributed by atoms with Gasteiger partial charge in [0.1, 0.15) is 12.2 Å². The molecule has 5 N–H and O–H groups in total. The summed E-state index contributed by atoms with van der Waals surface area (Å²) in [6, 6.07) is -1.00. The fourth-order valence-corrected chi connectivity index (χ4v) is 9.20. The van der Waals surface area contributed by atoms with E-state index in [9.17, 15) is 25.2 Å². The molecule has 0 saturated carbocycles. The molecule has 0 radical (unpaired) electrons. The van der Waals surface area contributed by atoms with Crippen LogP contribution < -0.4 is 5.32 Å². The van der Waals surface area contributed by atoms with Gasteiger partial charge in [0.05, 0.1) is 18.8 Å². The predicted molar refractivity (Wildman–Crippen MR) is 288 cm³/mol. The number of amides is 1. The van der Waals surface area contributed by atoms with Crippen LogP contribution in [0.4, 0.5) is 0 Å². The van der Waals surface area contributed by atoms with Gasteiger partial charge in [0.25, 0.3) is 0 Å². The van der Waals surface area contributed by atoms with Crippen LogP contribution in [0, 0.1) is 0 Å². The third-order valence-electron chi connectivity index (χ3n) is 13.8. The lowest BCUT2D eigenvalue weighted by Crippen LogP contribution is -2.53. The van der Waals surface area contributed by atoms with Gasteiger partial charge < -0.3 is 25.7 Å². The minimum atomic E-state index is -1.28. The number of hydrogen-bond donors (Lipinski definition) is 5. The van der Waals surface area contributed by atoms with Gasteiger partial charge >= 0.3 is 0 Å². The first kappa shape index (κ1) is 64.5. The van der Waals surface area contributed by atoms with Crippen molar-refractivity contribution in [2.45, 2.75) is 334 Å². The van der Waals surface area contributed by atoms with Crippen molar-refractivity contribution in [3.05, 3.63) is 36.5 Å². The molecule has 4 unspecified atom stereocenters. The zero-order valence-electron chi connectivity index (χ0n) is 44.2. The van der Waals surface area contributed by atoms with E-state index in [4.69, 9.17) is 0 Å². The summed E-state index contributed by atoms with van der Waals surface area (Å²) in [4.78, 5) is 12.6. The molecule has 0 spiro atoms. The highest BCUT2D eigenvalue weighted by molar-refractivity contribution is 5.80. The van der Waals surface area contributed by atoms with E-state index in [0.29, 0.717) is 12.8 Å². The number of aliphatic hydroxyl groups is 4. The van der Waals surface area contributed by atoms with Gasteiger partial charge in [-0.3, -0.25) is 4.79 Å². The van der Waals surface area contributed by atoms with Crippen molar-refractivity contribution in [2.75, 3.05) is 6.61 Å². The van der Waals surface area contributed by atoms with Gasteiger partial charge in [-0.2, -0.15) is 0 Å². The lowest BCUT2D eigenvalue weighted by Gasteiger charge is -2.27. The Kier molecular flexibility index (Phi) is 53.3. The van der Waals surface area contributed by atoms with Crippen molar-refractivity contribution in [1.29, 1.82) is 0 Å². The van der Waals surface area contributed by atoms with Crippen LogP contribution in [0.15, 0.2) is 36.5 Å². The summed E-state index contributed by atoms with van der Waals surface area (Å²) in [5.74, 6) is -0.591. The highest BCUT2D eigenvalue weighted by Crippen LogP contribution is 2.17. The van der Waals surface area contributed by atoms with Crippen LogP contribution in [0.2, 0.25) is 0 Å². The summed E-state index contributed by atoms with van der Waals surface area (Å²) in [6.45, 7) is 4.08. The van der Waals surface area contributed by atoms with Crippen molar-refractivity contribution in [3.63, 3.8) is 0 Å². The fourth-order valence-electron chi connectivity index (χ4n) is 9.20. The average molecular weight is 931 g/mol. The summed E-state index contributed by atoms with van der Waals surface area (Å²) in [5.41, 5.74) is 0. The van der Waals surface area contributed by atoms with Gasteiger partial charge in [-0.15, -0.1) is 0 Å². The molecule has 0 saturated heterocycles. The maximum Gasteiger partial charge on any atom is 0.249 e. The summed E-state index contributed by atoms with van der Waals surface area (Å²) in [6.07, 6.45) is 67.9. The molecule has 0 aliphatic rings. The summed E-state index contributed by atoms with van der Waals surface area (Å²) >= 11 is 0. The van der Waals surface area contributed by atoms with E-state index in [1.54, 1.807) is 0 Å². The predicted octanol–water partition coefficient (Wildman–Crippen LogP) is 17.2. The number of rotatable bonds is 54. The smallest absolute Gasteiger partial charge is 0.249 e. The second-order valence-electron chi connectivity index (χ2n) is 20.3. The van der Waals surface area contributed by atoms with Gasteiger partial charge in [-0.25, -0.2) is 0 Å². The van der Waals surface area contributed by atoms with Crippen LogP contribution >= 0.6 is 0 Å². The maximum atomic E-state index is 12.6. The van der Waals surface area contributed by atoms with Crippen LogP contribution in [0.5, 0.6) is 0 Å². The molecule has 6 nitrogen and oxygen atoms in total. The highest BCUT2D eigenvalue weighted by Gasteiger charge is 2.28. The largest absolute Gasteiger partial charge is 0.394 e. The van der Waals surface area contributed by atoms with Crippen LogP contribution in [0.3, 0.4) is 0 Å². The van der Waals surface area contributed by atoms with Gasteiger partial charge in [0.15, 0.2) is 0 Å². The van der Waals surface area contributed by atoms with Crippen LogP contribution in [-0.2, 0) is 4.79 Å². The van der Waals surface area contributed by atoms with Crippen molar-refractivity contribution >= 4 is 5.91 Å².